The van der Waals surface area contributed by atoms with Crippen molar-refractivity contribution >= 4 is 34.2 Å². The smallest absolute Gasteiger partial charge is 0.253 e. The van der Waals surface area contributed by atoms with Gasteiger partial charge in [-0.05, 0) is 80.5 Å². The predicted octanol–water partition coefficient (Wildman–Crippen LogP) is 4.90. The molecule has 6 nitrogen and oxygen atoms in total. The van der Waals surface area contributed by atoms with E-state index in [1.54, 1.807) is 24.3 Å². The Morgan fingerprint density at radius 1 is 1.09 bits per heavy atom. The molecule has 2 heterocycles. The Labute approximate surface area is 199 Å². The van der Waals surface area contributed by atoms with E-state index in [0.29, 0.717) is 35.8 Å². The third-order valence-electron chi connectivity index (χ3n) is 6.56. The Morgan fingerprint density at radius 2 is 1.82 bits per heavy atom. The fourth-order valence-corrected chi connectivity index (χ4v) is 4.69. The zero-order valence-corrected chi connectivity index (χ0v) is 19.7. The molecule has 1 N–H and O–H groups in total. The lowest BCUT2D eigenvalue weighted by Gasteiger charge is -2.32. The number of aliphatic hydroxyl groups excluding tert-OH is 1. The molecule has 0 unspecified atom stereocenters. The SMILES string of the molecule is Cc1c(C(=O)CCCCO)ccc2nn(CC3CCN(C(=O)c4ccc(Cl)cc4)CC3)cc12. The average Bonchev–Trinajstić information content (AvgIpc) is 3.23. The Hall–Kier alpha value is -2.70. The van der Waals surface area contributed by atoms with Gasteiger partial charge in [0, 0.05) is 60.4 Å². The van der Waals surface area contributed by atoms with Gasteiger partial charge in [-0.1, -0.05) is 11.6 Å². The number of aliphatic hydroxyl groups is 1. The first-order chi connectivity index (χ1) is 16.0. The van der Waals surface area contributed by atoms with Gasteiger partial charge >= 0.3 is 0 Å². The van der Waals surface area contributed by atoms with Crippen molar-refractivity contribution in [2.24, 2.45) is 5.92 Å². The van der Waals surface area contributed by atoms with E-state index in [1.807, 2.05) is 34.8 Å². The maximum absolute atomic E-state index is 12.7. The van der Waals surface area contributed by atoms with Crippen molar-refractivity contribution in [3.05, 3.63) is 64.3 Å². The number of rotatable bonds is 8. The number of Topliss-reactive ketones (excluding diaryl/α,β-unsaturated/α-hetero) is 1. The molecule has 1 aliphatic heterocycles. The van der Waals surface area contributed by atoms with Crippen molar-refractivity contribution < 1.29 is 14.7 Å². The number of amides is 1. The van der Waals surface area contributed by atoms with Gasteiger partial charge in [-0.3, -0.25) is 14.3 Å². The number of aryl methyl sites for hydroxylation is 1. The number of hydrogen-bond donors (Lipinski definition) is 1. The second-order valence-electron chi connectivity index (χ2n) is 8.87. The highest BCUT2D eigenvalue weighted by atomic mass is 35.5. The van der Waals surface area contributed by atoms with E-state index in [0.717, 1.165) is 54.5 Å². The van der Waals surface area contributed by atoms with Gasteiger partial charge in [0.1, 0.15) is 0 Å². The Morgan fingerprint density at radius 3 is 2.52 bits per heavy atom. The number of nitrogens with zero attached hydrogens (tertiary/aromatic N) is 3. The van der Waals surface area contributed by atoms with Crippen LogP contribution in [0.2, 0.25) is 5.02 Å². The van der Waals surface area contributed by atoms with Crippen LogP contribution in [-0.4, -0.2) is 51.2 Å². The van der Waals surface area contributed by atoms with Gasteiger partial charge in [0.25, 0.3) is 5.91 Å². The van der Waals surface area contributed by atoms with Crippen molar-refractivity contribution in [3.63, 3.8) is 0 Å². The van der Waals surface area contributed by atoms with E-state index in [4.69, 9.17) is 21.8 Å². The molecule has 174 valence electrons. The molecule has 1 aromatic heterocycles. The molecule has 0 spiro atoms. The van der Waals surface area contributed by atoms with Crippen LogP contribution in [0.4, 0.5) is 0 Å². The Kier molecular flexibility index (Phi) is 7.46. The topological polar surface area (TPSA) is 75.4 Å². The monoisotopic (exact) mass is 467 g/mol. The van der Waals surface area contributed by atoms with Crippen LogP contribution in [0.5, 0.6) is 0 Å². The zero-order valence-electron chi connectivity index (χ0n) is 19.0. The van der Waals surface area contributed by atoms with Gasteiger partial charge in [0.15, 0.2) is 5.78 Å². The number of aromatic nitrogens is 2. The van der Waals surface area contributed by atoms with Gasteiger partial charge in [-0.2, -0.15) is 5.10 Å². The number of unbranched alkanes of at least 4 members (excludes halogenated alkanes) is 1. The van der Waals surface area contributed by atoms with Gasteiger partial charge in [-0.15, -0.1) is 0 Å². The molecule has 0 saturated carbocycles. The van der Waals surface area contributed by atoms with Crippen molar-refractivity contribution in [1.29, 1.82) is 0 Å². The fraction of sp³-hybridized carbons (Fsp3) is 0.423. The van der Waals surface area contributed by atoms with Crippen molar-refractivity contribution in [3.8, 4) is 0 Å². The standard InChI is InChI=1S/C26H30ClN3O3/c1-18-22(25(32)4-2-3-15-31)9-10-24-23(18)17-30(28-24)16-19-11-13-29(14-12-19)26(33)20-5-7-21(27)8-6-20/h5-10,17,19,31H,2-4,11-16H2,1H3. The van der Waals surface area contributed by atoms with Crippen LogP contribution in [0.1, 0.15) is 58.4 Å². The number of carbonyl (C=O) groups excluding carboxylic acids is 2. The van der Waals surface area contributed by atoms with Gasteiger partial charge in [0.2, 0.25) is 0 Å². The summed E-state index contributed by atoms with van der Waals surface area (Å²) in [6.07, 6.45) is 5.71. The first-order valence-corrected chi connectivity index (χ1v) is 12.0. The summed E-state index contributed by atoms with van der Waals surface area (Å²) in [4.78, 5) is 27.2. The van der Waals surface area contributed by atoms with E-state index in [9.17, 15) is 9.59 Å². The van der Waals surface area contributed by atoms with Crippen LogP contribution < -0.4 is 0 Å². The molecule has 4 rings (SSSR count). The van der Waals surface area contributed by atoms with E-state index in [2.05, 4.69) is 0 Å². The van der Waals surface area contributed by atoms with Crippen LogP contribution in [0.3, 0.4) is 0 Å². The molecule has 1 amide bonds. The number of piperidine rings is 1. The molecule has 0 aliphatic carbocycles. The quantitative estimate of drug-likeness (QED) is 0.378. The average molecular weight is 468 g/mol. The highest BCUT2D eigenvalue weighted by molar-refractivity contribution is 6.30. The molecule has 0 radical (unpaired) electrons. The van der Waals surface area contributed by atoms with Crippen LogP contribution in [0.25, 0.3) is 10.9 Å². The predicted molar refractivity (Wildman–Crippen MR) is 130 cm³/mol. The summed E-state index contributed by atoms with van der Waals surface area (Å²) in [5.74, 6) is 0.628. The lowest BCUT2D eigenvalue weighted by Crippen LogP contribution is -2.39. The number of carbonyl (C=O) groups is 2. The summed E-state index contributed by atoms with van der Waals surface area (Å²) >= 11 is 5.93. The Balaban J connectivity index is 1.37. The van der Waals surface area contributed by atoms with E-state index in [1.165, 1.54) is 0 Å². The number of likely N-dealkylation sites (tertiary alicyclic amines) is 1. The van der Waals surface area contributed by atoms with Crippen LogP contribution in [-0.2, 0) is 6.54 Å². The summed E-state index contributed by atoms with van der Waals surface area (Å²) in [6.45, 7) is 4.37. The second kappa shape index (κ2) is 10.5. The number of hydrogen-bond acceptors (Lipinski definition) is 4. The van der Waals surface area contributed by atoms with Crippen molar-refractivity contribution in [2.45, 2.75) is 45.6 Å². The number of benzene rings is 2. The van der Waals surface area contributed by atoms with Crippen LogP contribution >= 0.6 is 11.6 Å². The molecule has 0 bridgehead atoms. The van der Waals surface area contributed by atoms with Crippen molar-refractivity contribution in [2.75, 3.05) is 19.7 Å². The minimum Gasteiger partial charge on any atom is -0.396 e. The first kappa shape index (κ1) is 23.5. The van der Waals surface area contributed by atoms with E-state index < -0.39 is 0 Å². The highest BCUT2D eigenvalue weighted by Gasteiger charge is 2.24. The third-order valence-corrected chi connectivity index (χ3v) is 6.81. The Bertz CT molecular complexity index is 1130. The largest absolute Gasteiger partial charge is 0.396 e. The maximum atomic E-state index is 12.7. The molecular weight excluding hydrogens is 438 g/mol. The number of halogens is 1. The minimum absolute atomic E-state index is 0.0572. The normalized spacial score (nSPS) is 14.7. The van der Waals surface area contributed by atoms with Crippen LogP contribution in [0, 0.1) is 12.8 Å². The summed E-state index contributed by atoms with van der Waals surface area (Å²) in [7, 11) is 0. The zero-order chi connectivity index (χ0) is 23.4. The van der Waals surface area contributed by atoms with Gasteiger partial charge < -0.3 is 10.0 Å². The van der Waals surface area contributed by atoms with Crippen molar-refractivity contribution in [1.82, 2.24) is 14.7 Å². The fourth-order valence-electron chi connectivity index (χ4n) is 4.57. The molecule has 3 aromatic rings. The van der Waals surface area contributed by atoms with Gasteiger partial charge in [-0.25, -0.2) is 0 Å². The van der Waals surface area contributed by atoms with Gasteiger partial charge in [0.05, 0.1) is 5.52 Å². The van der Waals surface area contributed by atoms with E-state index in [-0.39, 0.29) is 18.3 Å². The third kappa shape index (κ3) is 5.45. The van der Waals surface area contributed by atoms with E-state index >= 15 is 0 Å². The molecular formula is C26H30ClN3O3. The first-order valence-electron chi connectivity index (χ1n) is 11.6. The second-order valence-corrected chi connectivity index (χ2v) is 9.30. The summed E-state index contributed by atoms with van der Waals surface area (Å²) in [6, 6.07) is 10.8. The summed E-state index contributed by atoms with van der Waals surface area (Å²) in [5, 5.41) is 15.3. The molecule has 7 heteroatoms. The van der Waals surface area contributed by atoms with Crippen LogP contribution in [0.15, 0.2) is 42.6 Å². The minimum atomic E-state index is 0.0572. The maximum Gasteiger partial charge on any atom is 0.253 e. The number of fused-ring (bicyclic) bond motifs is 1. The molecule has 1 fully saturated rings. The highest BCUT2D eigenvalue weighted by Crippen LogP contribution is 2.25. The summed E-state index contributed by atoms with van der Waals surface area (Å²) < 4.78 is 1.99. The lowest BCUT2D eigenvalue weighted by molar-refractivity contribution is 0.0681. The lowest BCUT2D eigenvalue weighted by atomic mass is 9.96. The summed E-state index contributed by atoms with van der Waals surface area (Å²) in [5.41, 5.74) is 3.29. The number of ketones is 1. The molecule has 33 heavy (non-hydrogen) atoms. The molecule has 1 aliphatic rings. The molecule has 1 saturated heterocycles. The molecule has 0 atom stereocenters. The molecule has 2 aromatic carbocycles.